The summed E-state index contributed by atoms with van der Waals surface area (Å²) in [5.74, 6) is -2.16. The van der Waals surface area contributed by atoms with Gasteiger partial charge in [-0.1, -0.05) is 11.6 Å². The predicted molar refractivity (Wildman–Crippen MR) is 50.0 cm³/mol. The highest BCUT2D eigenvalue weighted by Gasteiger charge is 2.44. The van der Waals surface area contributed by atoms with E-state index < -0.39 is 29.5 Å². The lowest BCUT2D eigenvalue weighted by atomic mass is 10.3. The van der Waals surface area contributed by atoms with Crippen LogP contribution >= 0.6 is 11.6 Å². The Hall–Kier alpha value is -0.950. The molecule has 0 bridgehead atoms. The number of ether oxygens (including phenoxy) is 1. The summed E-state index contributed by atoms with van der Waals surface area (Å²) >= 11 is 5.57. The molecule has 1 aliphatic rings. The molecule has 1 atom stereocenters. The highest BCUT2D eigenvalue weighted by atomic mass is 35.5. The van der Waals surface area contributed by atoms with Gasteiger partial charge >= 0.3 is 12.5 Å². The Labute approximate surface area is 95.2 Å². The molecule has 0 spiro atoms. The molecule has 0 saturated carbocycles. The van der Waals surface area contributed by atoms with Crippen LogP contribution in [-0.2, 0) is 9.53 Å². The molecule has 0 aromatic heterocycles. The molecule has 0 radical (unpaired) electrons. The van der Waals surface area contributed by atoms with E-state index in [9.17, 15) is 18.0 Å². The Kier molecular flexibility index (Phi) is 4.03. The number of rotatable bonds is 3. The number of hydrogen-bond donors (Lipinski definition) is 0. The van der Waals surface area contributed by atoms with Crippen LogP contribution in [0.1, 0.15) is 6.92 Å². The normalized spacial score (nSPS) is 22.2. The maximum atomic E-state index is 13.5. The molecule has 0 aromatic carbocycles. The molecule has 0 aliphatic carbocycles. The molecule has 1 rings (SSSR count). The van der Waals surface area contributed by atoms with Gasteiger partial charge < -0.3 is 4.74 Å². The second-order valence-electron chi connectivity index (χ2n) is 2.94. The minimum Gasteiger partial charge on any atom is -0.462 e. The van der Waals surface area contributed by atoms with Gasteiger partial charge in [0.05, 0.1) is 6.61 Å². The Morgan fingerprint density at radius 1 is 1.62 bits per heavy atom. The van der Waals surface area contributed by atoms with E-state index >= 15 is 0 Å². The maximum absolute atomic E-state index is 13.5. The van der Waals surface area contributed by atoms with Crippen molar-refractivity contribution in [3.8, 4) is 0 Å². The van der Waals surface area contributed by atoms with Crippen LogP contribution in [0.2, 0.25) is 0 Å². The first kappa shape index (κ1) is 13.1. The minimum atomic E-state index is -3.01. The average Bonchev–Trinajstić information content (AvgIpc) is 2.38. The third-order valence-electron chi connectivity index (χ3n) is 2.02. The Balaban J connectivity index is 2.96. The summed E-state index contributed by atoms with van der Waals surface area (Å²) < 4.78 is 43.0. The Bertz CT molecular complexity index is 324. The molecular formula is C8H10ClF3N2O2. The van der Waals surface area contributed by atoms with Crippen molar-refractivity contribution >= 4 is 17.6 Å². The average molecular weight is 259 g/mol. The van der Waals surface area contributed by atoms with Gasteiger partial charge in [-0.2, -0.15) is 13.2 Å². The summed E-state index contributed by atoms with van der Waals surface area (Å²) in [6.45, 7) is -1.48. The molecule has 1 heterocycles. The second kappa shape index (κ2) is 4.92. The van der Waals surface area contributed by atoms with E-state index in [1.165, 1.54) is 6.92 Å². The van der Waals surface area contributed by atoms with Crippen LogP contribution in [0.25, 0.3) is 0 Å². The number of halogens is 4. The smallest absolute Gasteiger partial charge is 0.341 e. The third kappa shape index (κ3) is 2.10. The quantitative estimate of drug-likeness (QED) is 0.438. The van der Waals surface area contributed by atoms with Gasteiger partial charge in [-0.05, 0) is 6.92 Å². The van der Waals surface area contributed by atoms with Gasteiger partial charge in [0.15, 0.2) is 0 Å². The molecule has 0 saturated heterocycles. The van der Waals surface area contributed by atoms with Gasteiger partial charge in [0.25, 0.3) is 0 Å². The predicted octanol–water partition coefficient (Wildman–Crippen LogP) is 1.68. The van der Waals surface area contributed by atoms with E-state index in [4.69, 9.17) is 11.6 Å². The van der Waals surface area contributed by atoms with E-state index in [1.807, 2.05) is 0 Å². The van der Waals surface area contributed by atoms with Crippen LogP contribution in [0.4, 0.5) is 13.2 Å². The molecule has 92 valence electrons. The number of carbonyl (C=O) groups is 1. The molecule has 1 aliphatic heterocycles. The molecule has 16 heavy (non-hydrogen) atoms. The van der Waals surface area contributed by atoms with Crippen LogP contribution in [0.15, 0.2) is 11.5 Å². The summed E-state index contributed by atoms with van der Waals surface area (Å²) in [4.78, 5) is 11.3. The fraction of sp³-hybridized carbons (Fsp3) is 0.625. The van der Waals surface area contributed by atoms with E-state index in [0.29, 0.717) is 5.01 Å². The van der Waals surface area contributed by atoms with Gasteiger partial charge in [-0.15, -0.1) is 5.01 Å². The van der Waals surface area contributed by atoms with Crippen molar-refractivity contribution in [1.82, 2.24) is 10.0 Å². The summed E-state index contributed by atoms with van der Waals surface area (Å²) in [6.07, 6.45) is 0. The van der Waals surface area contributed by atoms with Crippen LogP contribution in [-0.4, -0.2) is 41.7 Å². The molecule has 1 unspecified atom stereocenters. The summed E-state index contributed by atoms with van der Waals surface area (Å²) in [5.41, 5.74) is -2.17. The van der Waals surface area contributed by atoms with Gasteiger partial charge in [0.1, 0.15) is 11.1 Å². The molecular weight excluding hydrogens is 249 g/mol. The molecule has 4 nitrogen and oxygen atoms in total. The first-order valence-corrected chi connectivity index (χ1v) is 4.86. The highest BCUT2D eigenvalue weighted by Crippen LogP contribution is 2.34. The highest BCUT2D eigenvalue weighted by molar-refractivity contribution is 6.25. The van der Waals surface area contributed by atoms with E-state index in [2.05, 4.69) is 4.74 Å². The van der Waals surface area contributed by atoms with Crippen molar-refractivity contribution in [3.63, 3.8) is 0 Å². The van der Waals surface area contributed by atoms with Crippen molar-refractivity contribution in [2.24, 2.45) is 0 Å². The summed E-state index contributed by atoms with van der Waals surface area (Å²) in [6, 6.07) is 0. The Morgan fingerprint density at radius 2 is 2.19 bits per heavy atom. The zero-order chi connectivity index (χ0) is 12.5. The van der Waals surface area contributed by atoms with Crippen molar-refractivity contribution in [2.75, 3.05) is 13.7 Å². The van der Waals surface area contributed by atoms with Gasteiger partial charge in [0.2, 0.25) is 5.95 Å². The van der Waals surface area contributed by atoms with Crippen LogP contribution in [0.3, 0.4) is 0 Å². The monoisotopic (exact) mass is 258 g/mol. The molecule has 0 N–H and O–H groups in total. The molecule has 0 fully saturated rings. The van der Waals surface area contributed by atoms with Crippen LogP contribution < -0.4 is 0 Å². The number of hydrogen-bond acceptors (Lipinski definition) is 4. The van der Waals surface area contributed by atoms with Crippen LogP contribution in [0, 0.1) is 0 Å². The largest absolute Gasteiger partial charge is 0.462 e. The van der Waals surface area contributed by atoms with E-state index in [-0.39, 0.29) is 11.6 Å². The topological polar surface area (TPSA) is 32.8 Å². The number of carbonyl (C=O) groups excluding carboxylic acids is 1. The lowest BCUT2D eigenvalue weighted by molar-refractivity contribution is -0.141. The SMILES string of the molecule is CCOC(=O)C1=C(F)N(C)N(C(F)F)C1Cl. The van der Waals surface area contributed by atoms with Crippen molar-refractivity contribution < 1.29 is 22.7 Å². The Morgan fingerprint density at radius 3 is 2.56 bits per heavy atom. The van der Waals surface area contributed by atoms with Gasteiger partial charge in [-0.3, -0.25) is 5.01 Å². The maximum Gasteiger partial charge on any atom is 0.341 e. The fourth-order valence-electron chi connectivity index (χ4n) is 1.28. The standard InChI is InChI=1S/C8H10ClF3N2O2/c1-3-16-7(15)4-5(9)14(8(11)12)13(2)6(4)10/h5,8H,3H2,1-2H3. The number of nitrogens with zero attached hydrogens (tertiary/aromatic N) is 2. The first-order chi connectivity index (χ1) is 7.41. The van der Waals surface area contributed by atoms with E-state index in [1.54, 1.807) is 0 Å². The molecule has 0 aromatic rings. The van der Waals surface area contributed by atoms with Crippen molar-refractivity contribution in [1.29, 1.82) is 0 Å². The molecule has 0 amide bonds. The number of alkyl halides is 3. The number of esters is 1. The number of hydrazine groups is 1. The fourth-order valence-corrected chi connectivity index (χ4v) is 1.67. The summed E-state index contributed by atoms with van der Waals surface area (Å²) in [7, 11) is 1.04. The lowest BCUT2D eigenvalue weighted by Gasteiger charge is -2.26. The second-order valence-corrected chi connectivity index (χ2v) is 3.36. The van der Waals surface area contributed by atoms with Crippen LogP contribution in [0.5, 0.6) is 0 Å². The minimum absolute atomic E-state index is 0.0115. The lowest BCUT2D eigenvalue weighted by Crippen LogP contribution is -2.42. The van der Waals surface area contributed by atoms with Crippen molar-refractivity contribution in [2.45, 2.75) is 19.0 Å². The zero-order valence-electron chi connectivity index (χ0n) is 8.58. The van der Waals surface area contributed by atoms with Crippen molar-refractivity contribution in [3.05, 3.63) is 11.5 Å². The molecule has 8 heteroatoms. The van der Waals surface area contributed by atoms with Gasteiger partial charge in [-0.25, -0.2) is 4.79 Å². The van der Waals surface area contributed by atoms with Gasteiger partial charge in [0, 0.05) is 7.05 Å². The zero-order valence-corrected chi connectivity index (χ0v) is 9.34. The first-order valence-electron chi connectivity index (χ1n) is 4.42. The third-order valence-corrected chi connectivity index (χ3v) is 2.44. The summed E-state index contributed by atoms with van der Waals surface area (Å²) in [5, 5.41) is 0.734. The van der Waals surface area contributed by atoms with E-state index in [0.717, 1.165) is 7.05 Å².